The molecule has 0 bridgehead atoms. The van der Waals surface area contributed by atoms with Gasteiger partial charge in [0, 0.05) is 6.04 Å². The molecule has 1 nitrogen and oxygen atoms in total. The Hall–Kier alpha value is -1.08. The van der Waals surface area contributed by atoms with Crippen molar-refractivity contribution in [2.45, 2.75) is 13.0 Å². The van der Waals surface area contributed by atoms with Crippen molar-refractivity contribution in [3.05, 3.63) is 49.1 Å². The van der Waals surface area contributed by atoms with Crippen LogP contribution < -0.4 is 0 Å². The maximum atomic E-state index is 3.93. The highest BCUT2D eigenvalue weighted by Gasteiger charge is 2.06. The summed E-state index contributed by atoms with van der Waals surface area (Å²) in [6.45, 7) is 13.4. The van der Waals surface area contributed by atoms with Gasteiger partial charge in [-0.2, -0.15) is 0 Å². The van der Waals surface area contributed by atoms with Gasteiger partial charge in [0.25, 0.3) is 0 Å². The molecule has 0 fully saturated rings. The smallest absolute Gasteiger partial charge is 0.0483 e. The molecule has 0 aliphatic heterocycles. The van der Waals surface area contributed by atoms with Gasteiger partial charge in [0.15, 0.2) is 0 Å². The molecule has 0 saturated heterocycles. The van der Waals surface area contributed by atoms with E-state index >= 15 is 0 Å². The molecule has 0 spiro atoms. The number of likely N-dealkylation sites (N-methyl/N-ethyl adjacent to an activating group) is 1. The first-order valence-electron chi connectivity index (χ1n) is 4.30. The first-order valence-corrected chi connectivity index (χ1v) is 4.30. The topological polar surface area (TPSA) is 3.24 Å². The minimum Gasteiger partial charge on any atom is -0.299 e. The van der Waals surface area contributed by atoms with Crippen LogP contribution in [0.4, 0.5) is 0 Å². The van der Waals surface area contributed by atoms with Crippen molar-refractivity contribution in [3.63, 3.8) is 0 Å². The maximum Gasteiger partial charge on any atom is 0.0483 e. The van der Waals surface area contributed by atoms with Gasteiger partial charge >= 0.3 is 0 Å². The van der Waals surface area contributed by atoms with Gasteiger partial charge in [0.2, 0.25) is 0 Å². The van der Waals surface area contributed by atoms with Crippen molar-refractivity contribution in [2.75, 3.05) is 14.1 Å². The lowest BCUT2D eigenvalue weighted by molar-refractivity contribution is 0.379. The molecule has 1 unspecified atom stereocenters. The summed E-state index contributed by atoms with van der Waals surface area (Å²) in [6.07, 6.45) is 5.78. The van der Waals surface area contributed by atoms with Crippen LogP contribution >= 0.6 is 0 Å². The summed E-state index contributed by atoms with van der Waals surface area (Å²) in [5.41, 5.74) is 2.05. The highest BCUT2D eigenvalue weighted by molar-refractivity contribution is 5.28. The van der Waals surface area contributed by atoms with Crippen LogP contribution in [0.15, 0.2) is 49.1 Å². The van der Waals surface area contributed by atoms with Crippen molar-refractivity contribution in [1.82, 2.24) is 4.90 Å². The normalized spacial score (nSPS) is 13.2. The van der Waals surface area contributed by atoms with Crippen LogP contribution in [-0.2, 0) is 0 Å². The van der Waals surface area contributed by atoms with E-state index in [2.05, 4.69) is 30.7 Å². The molecule has 0 heterocycles. The first kappa shape index (κ1) is 11.9. The van der Waals surface area contributed by atoms with Crippen molar-refractivity contribution in [3.8, 4) is 0 Å². The summed E-state index contributed by atoms with van der Waals surface area (Å²) in [5, 5.41) is 0. The number of nitrogens with zero attached hydrogens (tertiary/aromatic N) is 1. The third-order valence-corrected chi connectivity index (χ3v) is 1.82. The zero-order valence-electron chi connectivity index (χ0n) is 8.88. The number of hydrogen-bond acceptors (Lipinski definition) is 1. The van der Waals surface area contributed by atoms with Crippen molar-refractivity contribution >= 4 is 0 Å². The Labute approximate surface area is 81.8 Å². The van der Waals surface area contributed by atoms with E-state index in [4.69, 9.17) is 0 Å². The summed E-state index contributed by atoms with van der Waals surface area (Å²) in [6, 6.07) is 0.275. The van der Waals surface area contributed by atoms with E-state index < -0.39 is 0 Å². The van der Waals surface area contributed by atoms with Crippen LogP contribution in [0.25, 0.3) is 0 Å². The van der Waals surface area contributed by atoms with Crippen LogP contribution in [0.3, 0.4) is 0 Å². The lowest BCUT2D eigenvalue weighted by Gasteiger charge is -2.20. The average Bonchev–Trinajstić information content (AvgIpc) is 2.03. The summed E-state index contributed by atoms with van der Waals surface area (Å²) in [7, 11) is 4.06. The molecule has 0 radical (unpaired) electrons. The largest absolute Gasteiger partial charge is 0.299 e. The number of rotatable bonds is 5. The summed E-state index contributed by atoms with van der Waals surface area (Å²) in [4.78, 5) is 2.11. The minimum atomic E-state index is 0.275. The van der Waals surface area contributed by atoms with Crippen molar-refractivity contribution < 1.29 is 0 Å². The van der Waals surface area contributed by atoms with Gasteiger partial charge in [-0.25, -0.2) is 0 Å². The molecule has 0 saturated carbocycles. The molecular weight excluding hydrogens is 158 g/mol. The Morgan fingerprint density at radius 1 is 1.31 bits per heavy atom. The Balaban J connectivity index is 4.43. The quantitative estimate of drug-likeness (QED) is 0.461. The SMILES string of the molecule is C=CC(=C)/C=C/C(C(=C)C)N(C)C. The molecule has 0 aromatic carbocycles. The molecular formula is C12H19N. The fraction of sp³-hybridized carbons (Fsp3) is 0.333. The minimum absolute atomic E-state index is 0.275. The Morgan fingerprint density at radius 3 is 2.15 bits per heavy atom. The monoisotopic (exact) mass is 177 g/mol. The van der Waals surface area contributed by atoms with Gasteiger partial charge in [0.05, 0.1) is 0 Å². The zero-order valence-corrected chi connectivity index (χ0v) is 8.88. The van der Waals surface area contributed by atoms with Gasteiger partial charge in [-0.15, -0.1) is 0 Å². The standard InChI is InChI=1S/C12H19N/c1-7-11(4)8-9-12(10(2)3)13(5)6/h7-9,12H,1-2,4H2,3,5-6H3/b9-8+. The molecule has 0 N–H and O–H groups in total. The predicted octanol–water partition coefficient (Wildman–Crippen LogP) is 2.79. The van der Waals surface area contributed by atoms with E-state index in [1.165, 1.54) is 0 Å². The van der Waals surface area contributed by atoms with E-state index in [0.29, 0.717) is 0 Å². The van der Waals surface area contributed by atoms with Gasteiger partial charge in [-0.05, 0) is 26.6 Å². The lowest BCUT2D eigenvalue weighted by atomic mass is 10.1. The number of allylic oxidation sites excluding steroid dienone is 3. The molecule has 0 aromatic heterocycles. The Bertz CT molecular complexity index is 234. The lowest BCUT2D eigenvalue weighted by Crippen LogP contribution is -2.26. The Kier molecular flexibility index (Phi) is 5.09. The fourth-order valence-electron chi connectivity index (χ4n) is 1.06. The second-order valence-corrected chi connectivity index (χ2v) is 3.39. The third-order valence-electron chi connectivity index (χ3n) is 1.82. The van der Waals surface area contributed by atoms with Gasteiger partial charge in [-0.1, -0.05) is 43.5 Å². The molecule has 0 amide bonds. The summed E-state index contributed by atoms with van der Waals surface area (Å²) < 4.78 is 0. The zero-order chi connectivity index (χ0) is 10.4. The molecule has 72 valence electrons. The van der Waals surface area contributed by atoms with E-state index in [9.17, 15) is 0 Å². The number of hydrogen-bond donors (Lipinski definition) is 0. The van der Waals surface area contributed by atoms with E-state index in [1.54, 1.807) is 6.08 Å². The van der Waals surface area contributed by atoms with Crippen LogP contribution in [0.5, 0.6) is 0 Å². The fourth-order valence-corrected chi connectivity index (χ4v) is 1.06. The molecule has 13 heavy (non-hydrogen) atoms. The first-order chi connectivity index (χ1) is 5.99. The van der Waals surface area contributed by atoms with Crippen molar-refractivity contribution in [1.29, 1.82) is 0 Å². The van der Waals surface area contributed by atoms with Crippen LogP contribution in [0.1, 0.15) is 6.92 Å². The molecule has 0 rings (SSSR count). The third kappa shape index (κ3) is 4.48. The highest BCUT2D eigenvalue weighted by Crippen LogP contribution is 2.07. The second kappa shape index (κ2) is 5.55. The molecule has 0 aliphatic rings. The van der Waals surface area contributed by atoms with Gasteiger partial charge < -0.3 is 0 Å². The predicted molar refractivity (Wildman–Crippen MR) is 60.8 cm³/mol. The second-order valence-electron chi connectivity index (χ2n) is 3.39. The van der Waals surface area contributed by atoms with Crippen molar-refractivity contribution in [2.24, 2.45) is 0 Å². The summed E-state index contributed by atoms with van der Waals surface area (Å²) >= 11 is 0. The van der Waals surface area contributed by atoms with Gasteiger partial charge in [0.1, 0.15) is 0 Å². The van der Waals surface area contributed by atoms with E-state index in [0.717, 1.165) is 11.1 Å². The molecule has 0 aromatic rings. The van der Waals surface area contributed by atoms with Crippen LogP contribution in [0, 0.1) is 0 Å². The summed E-state index contributed by atoms with van der Waals surface area (Å²) in [5.74, 6) is 0. The molecule has 1 heteroatoms. The van der Waals surface area contributed by atoms with E-state index in [1.807, 2.05) is 27.1 Å². The Morgan fingerprint density at radius 2 is 1.85 bits per heavy atom. The van der Waals surface area contributed by atoms with Crippen LogP contribution in [-0.4, -0.2) is 25.0 Å². The molecule has 0 aliphatic carbocycles. The average molecular weight is 177 g/mol. The maximum absolute atomic E-state index is 3.93. The molecule has 1 atom stereocenters. The van der Waals surface area contributed by atoms with E-state index in [-0.39, 0.29) is 6.04 Å². The van der Waals surface area contributed by atoms with Crippen LogP contribution in [0.2, 0.25) is 0 Å². The highest BCUT2D eigenvalue weighted by atomic mass is 15.1. The van der Waals surface area contributed by atoms with Gasteiger partial charge in [-0.3, -0.25) is 4.90 Å².